The first-order valence-electron chi connectivity index (χ1n) is 30.7. The Morgan fingerprint density at radius 1 is 0.280 bits per heavy atom. The number of carbonyl (C=O) groups is 3. The van der Waals surface area contributed by atoms with Crippen LogP contribution in [0.1, 0.15) is 265 Å². The highest BCUT2D eigenvalue weighted by Gasteiger charge is 2.19. The molecule has 424 valence electrons. The molecule has 0 aromatic heterocycles. The number of rotatable bonds is 54. The zero-order chi connectivity index (χ0) is 54.3. The minimum absolute atomic E-state index is 0.100. The average molecular weight is 1040 g/mol. The topological polar surface area (TPSA) is 78.9 Å². The second-order valence-electron chi connectivity index (χ2n) is 19.8. The third-order valence-electron chi connectivity index (χ3n) is 12.6. The summed E-state index contributed by atoms with van der Waals surface area (Å²) in [5.74, 6) is -0.950. The lowest BCUT2D eigenvalue weighted by atomic mass is 10.1. The zero-order valence-electron chi connectivity index (χ0n) is 48.5. The molecule has 0 saturated heterocycles. The molecule has 0 rings (SSSR count). The van der Waals surface area contributed by atoms with Crippen molar-refractivity contribution in [1.29, 1.82) is 0 Å². The largest absolute Gasteiger partial charge is 0.462 e. The molecule has 6 heteroatoms. The number of unbranched alkanes of at least 4 members (excludes halogenated alkanes) is 21. The Morgan fingerprint density at radius 3 is 0.840 bits per heavy atom. The van der Waals surface area contributed by atoms with Gasteiger partial charge in [-0.15, -0.1) is 0 Å². The van der Waals surface area contributed by atoms with Crippen molar-refractivity contribution >= 4 is 17.9 Å². The van der Waals surface area contributed by atoms with Crippen LogP contribution in [0.2, 0.25) is 0 Å². The van der Waals surface area contributed by atoms with Gasteiger partial charge in [-0.25, -0.2) is 0 Å². The number of carbonyl (C=O) groups excluding carboxylic acids is 3. The van der Waals surface area contributed by atoms with Crippen LogP contribution >= 0.6 is 0 Å². The van der Waals surface area contributed by atoms with E-state index < -0.39 is 6.10 Å². The highest BCUT2D eigenvalue weighted by molar-refractivity contribution is 5.71. The molecule has 0 aromatic carbocycles. The SMILES string of the molecule is CC/C=C\C/C=C\C/C=C\C/C=C\C/C=C\C/C=C\C/C=C\CCCCCCCCCC(=O)OCC(COC(=O)CCCCC/C=C\C/C=C\C/C=C\CC)OC(=O)CCCCCCC/C=C\CCCCCCCC. The summed E-state index contributed by atoms with van der Waals surface area (Å²) >= 11 is 0. The maximum absolute atomic E-state index is 12.9. The Hall–Kier alpha value is -4.45. The van der Waals surface area contributed by atoms with E-state index >= 15 is 0 Å². The van der Waals surface area contributed by atoms with Gasteiger partial charge < -0.3 is 14.2 Å². The van der Waals surface area contributed by atoms with Crippen LogP contribution in [0.4, 0.5) is 0 Å². The van der Waals surface area contributed by atoms with Crippen molar-refractivity contribution in [2.45, 2.75) is 271 Å². The molecule has 1 unspecified atom stereocenters. The van der Waals surface area contributed by atoms with Crippen LogP contribution in [0, 0.1) is 0 Å². The molecule has 0 N–H and O–H groups in total. The van der Waals surface area contributed by atoms with Crippen molar-refractivity contribution in [2.75, 3.05) is 13.2 Å². The summed E-state index contributed by atoms with van der Waals surface area (Å²) < 4.78 is 16.8. The second-order valence-corrected chi connectivity index (χ2v) is 19.8. The minimum Gasteiger partial charge on any atom is -0.462 e. The summed E-state index contributed by atoms with van der Waals surface area (Å²) in [6.07, 6.45) is 87.4. The fraction of sp³-hybridized carbons (Fsp3) is 0.638. The van der Waals surface area contributed by atoms with Crippen molar-refractivity contribution in [3.8, 4) is 0 Å². The normalized spacial score (nSPS) is 13.1. The van der Waals surface area contributed by atoms with Crippen molar-refractivity contribution in [3.63, 3.8) is 0 Å². The molecule has 0 heterocycles. The van der Waals surface area contributed by atoms with Crippen LogP contribution in [0.5, 0.6) is 0 Å². The number of allylic oxidation sites excluding steroid dienone is 22. The molecule has 0 amide bonds. The van der Waals surface area contributed by atoms with E-state index in [1.165, 1.54) is 77.0 Å². The van der Waals surface area contributed by atoms with Gasteiger partial charge in [-0.1, -0.05) is 244 Å². The molecule has 0 aliphatic heterocycles. The van der Waals surface area contributed by atoms with Gasteiger partial charge in [-0.3, -0.25) is 14.4 Å². The summed E-state index contributed by atoms with van der Waals surface area (Å²) in [7, 11) is 0. The van der Waals surface area contributed by atoms with Gasteiger partial charge in [0.15, 0.2) is 6.10 Å². The van der Waals surface area contributed by atoms with Gasteiger partial charge >= 0.3 is 17.9 Å². The van der Waals surface area contributed by atoms with Crippen molar-refractivity contribution < 1.29 is 28.6 Å². The monoisotopic (exact) mass is 1040 g/mol. The standard InChI is InChI=1S/C69H112O6/c1-4-7-10-13-16-19-22-25-27-28-29-30-31-32-33-34-35-36-37-38-39-40-42-44-47-50-53-56-59-62-68(71)74-65-66(64-73-67(70)61-58-55-52-49-46-43-24-21-18-15-12-9-6-3)75-69(72)63-60-57-54-51-48-45-41-26-23-20-17-14-11-8-5-2/h7,9-10,12,16,18-19,21,25-27,29-30,32-33,35-36,38-39,41,43,46,66H,4-6,8,11,13-15,17,20,22-24,28,31,34,37,40,42,44-45,47-65H2,1-3H3/b10-7-,12-9-,19-16-,21-18-,27-25-,30-29-,33-32-,36-35-,39-38-,41-26-,46-43-. The molecule has 1 atom stereocenters. The fourth-order valence-corrected chi connectivity index (χ4v) is 8.08. The highest BCUT2D eigenvalue weighted by Crippen LogP contribution is 2.14. The Bertz CT molecular complexity index is 1620. The molecule has 0 aliphatic carbocycles. The summed E-state index contributed by atoms with van der Waals surface area (Å²) in [5.41, 5.74) is 0. The first kappa shape index (κ1) is 70.5. The maximum Gasteiger partial charge on any atom is 0.306 e. The molecule has 0 aromatic rings. The van der Waals surface area contributed by atoms with E-state index in [2.05, 4.69) is 154 Å². The Kier molecular flexibility index (Phi) is 58.4. The van der Waals surface area contributed by atoms with Crippen LogP contribution in [-0.2, 0) is 28.6 Å². The molecule has 0 saturated carbocycles. The van der Waals surface area contributed by atoms with Crippen LogP contribution in [-0.4, -0.2) is 37.2 Å². The van der Waals surface area contributed by atoms with Gasteiger partial charge in [0.25, 0.3) is 0 Å². The number of esters is 3. The smallest absolute Gasteiger partial charge is 0.306 e. The van der Waals surface area contributed by atoms with Gasteiger partial charge in [-0.05, 0) is 135 Å². The van der Waals surface area contributed by atoms with E-state index in [-0.39, 0.29) is 31.1 Å². The maximum atomic E-state index is 12.9. The lowest BCUT2D eigenvalue weighted by Gasteiger charge is -2.18. The van der Waals surface area contributed by atoms with E-state index in [1.54, 1.807) is 0 Å². The second kappa shape index (κ2) is 62.1. The van der Waals surface area contributed by atoms with E-state index in [4.69, 9.17) is 14.2 Å². The van der Waals surface area contributed by atoms with Crippen molar-refractivity contribution in [1.82, 2.24) is 0 Å². The first-order chi connectivity index (χ1) is 37.0. The van der Waals surface area contributed by atoms with Crippen LogP contribution < -0.4 is 0 Å². The van der Waals surface area contributed by atoms with Crippen molar-refractivity contribution in [2.24, 2.45) is 0 Å². The van der Waals surface area contributed by atoms with Gasteiger partial charge in [0, 0.05) is 19.3 Å². The summed E-state index contributed by atoms with van der Waals surface area (Å²) in [5, 5.41) is 0. The van der Waals surface area contributed by atoms with E-state index in [9.17, 15) is 14.4 Å². The number of hydrogen-bond donors (Lipinski definition) is 0. The van der Waals surface area contributed by atoms with E-state index in [0.717, 1.165) is 148 Å². The molecular weight excluding hydrogens is 925 g/mol. The first-order valence-corrected chi connectivity index (χ1v) is 30.7. The van der Waals surface area contributed by atoms with Crippen LogP contribution in [0.15, 0.2) is 134 Å². The van der Waals surface area contributed by atoms with Crippen molar-refractivity contribution in [3.05, 3.63) is 134 Å². The molecule has 0 fully saturated rings. The van der Waals surface area contributed by atoms with Gasteiger partial charge in [-0.2, -0.15) is 0 Å². The Balaban J connectivity index is 4.35. The quantitative estimate of drug-likeness (QED) is 0.0261. The third kappa shape index (κ3) is 60.3. The Labute approximate surface area is 462 Å². The predicted octanol–water partition coefficient (Wildman–Crippen LogP) is 21.0. The molecule has 0 radical (unpaired) electrons. The van der Waals surface area contributed by atoms with Gasteiger partial charge in [0.05, 0.1) is 0 Å². The summed E-state index contributed by atoms with van der Waals surface area (Å²) in [4.78, 5) is 38.2. The minimum atomic E-state index is -0.804. The Morgan fingerprint density at radius 2 is 0.520 bits per heavy atom. The van der Waals surface area contributed by atoms with E-state index in [1.807, 2.05) is 0 Å². The molecule has 6 nitrogen and oxygen atoms in total. The fourth-order valence-electron chi connectivity index (χ4n) is 8.08. The van der Waals surface area contributed by atoms with Gasteiger partial charge in [0.1, 0.15) is 13.2 Å². The number of ether oxygens (including phenoxy) is 3. The molecule has 0 spiro atoms. The predicted molar refractivity (Wildman–Crippen MR) is 325 cm³/mol. The van der Waals surface area contributed by atoms with Crippen LogP contribution in [0.25, 0.3) is 0 Å². The lowest BCUT2D eigenvalue weighted by Crippen LogP contribution is -2.30. The molecule has 75 heavy (non-hydrogen) atoms. The average Bonchev–Trinajstić information content (AvgIpc) is 3.41. The van der Waals surface area contributed by atoms with E-state index in [0.29, 0.717) is 19.3 Å². The molecule has 0 aliphatic rings. The lowest BCUT2D eigenvalue weighted by molar-refractivity contribution is -0.167. The highest BCUT2D eigenvalue weighted by atomic mass is 16.6. The third-order valence-corrected chi connectivity index (χ3v) is 12.6. The summed E-state index contributed by atoms with van der Waals surface area (Å²) in [6, 6.07) is 0. The summed E-state index contributed by atoms with van der Waals surface area (Å²) in [6.45, 7) is 6.36. The van der Waals surface area contributed by atoms with Gasteiger partial charge in [0.2, 0.25) is 0 Å². The molecule has 0 bridgehead atoms. The number of hydrogen-bond acceptors (Lipinski definition) is 6. The van der Waals surface area contributed by atoms with Crippen LogP contribution in [0.3, 0.4) is 0 Å². The molecular formula is C69H112O6. The zero-order valence-corrected chi connectivity index (χ0v) is 48.5.